The number of hydrogen-bond acceptors (Lipinski definition) is 3. The average Bonchev–Trinajstić information content (AvgIpc) is 2.33. The summed E-state index contributed by atoms with van der Waals surface area (Å²) in [6, 6.07) is 2.36. The number of carbonyl (C=O) groups is 1. The van der Waals surface area contributed by atoms with Crippen LogP contribution in [-0.2, 0) is 4.74 Å². The van der Waals surface area contributed by atoms with Crippen LogP contribution in [-0.4, -0.2) is 37.4 Å². The van der Waals surface area contributed by atoms with Gasteiger partial charge in [-0.15, -0.1) is 0 Å². The molecule has 1 aromatic rings. The summed E-state index contributed by atoms with van der Waals surface area (Å²) in [5.41, 5.74) is -0.574. The van der Waals surface area contributed by atoms with Crippen molar-refractivity contribution in [2.75, 3.05) is 31.2 Å². The number of benzene rings is 1. The Morgan fingerprint density at radius 2 is 1.88 bits per heavy atom. The van der Waals surface area contributed by atoms with Gasteiger partial charge in [0.15, 0.2) is 11.6 Å². The van der Waals surface area contributed by atoms with Crippen molar-refractivity contribution in [2.24, 2.45) is 0 Å². The number of anilines is 1. The Morgan fingerprint density at radius 3 is 2.47 bits per heavy atom. The molecule has 1 aliphatic rings. The third-order valence-corrected chi connectivity index (χ3v) is 2.64. The molecular formula is C11H11F2NO3. The van der Waals surface area contributed by atoms with Crippen LogP contribution in [0.2, 0.25) is 0 Å². The van der Waals surface area contributed by atoms with Gasteiger partial charge in [0, 0.05) is 13.1 Å². The molecule has 92 valence electrons. The predicted molar refractivity (Wildman–Crippen MR) is 56.3 cm³/mol. The van der Waals surface area contributed by atoms with Crippen LogP contribution >= 0.6 is 0 Å². The summed E-state index contributed by atoms with van der Waals surface area (Å²) in [7, 11) is 0. The van der Waals surface area contributed by atoms with Crippen molar-refractivity contribution >= 4 is 11.7 Å². The van der Waals surface area contributed by atoms with Crippen LogP contribution in [0.3, 0.4) is 0 Å². The molecule has 2 rings (SSSR count). The minimum atomic E-state index is -1.48. The van der Waals surface area contributed by atoms with E-state index in [4.69, 9.17) is 9.84 Å². The first-order chi connectivity index (χ1) is 8.11. The van der Waals surface area contributed by atoms with Gasteiger partial charge in [-0.3, -0.25) is 0 Å². The van der Waals surface area contributed by atoms with Crippen LogP contribution in [0.4, 0.5) is 14.5 Å². The number of rotatable bonds is 2. The number of carboxylic acid groups (broad SMARTS) is 1. The van der Waals surface area contributed by atoms with Crippen LogP contribution in [0.15, 0.2) is 12.1 Å². The molecule has 1 heterocycles. The second-order valence-electron chi connectivity index (χ2n) is 3.66. The summed E-state index contributed by atoms with van der Waals surface area (Å²) in [4.78, 5) is 12.3. The minimum Gasteiger partial charge on any atom is -0.478 e. The van der Waals surface area contributed by atoms with Gasteiger partial charge in [0.05, 0.1) is 24.5 Å². The number of aromatic carboxylic acids is 1. The van der Waals surface area contributed by atoms with E-state index < -0.39 is 23.2 Å². The second-order valence-corrected chi connectivity index (χ2v) is 3.66. The fourth-order valence-corrected chi connectivity index (χ4v) is 1.75. The standard InChI is InChI=1S/C11H11F2NO3/c12-9-7(11(15)16)1-2-8(10(9)13)14-3-5-17-6-4-14/h1-2H,3-6H2,(H,15,16). The topological polar surface area (TPSA) is 49.8 Å². The maximum absolute atomic E-state index is 13.7. The average molecular weight is 243 g/mol. The summed E-state index contributed by atoms with van der Waals surface area (Å²) < 4.78 is 32.2. The maximum atomic E-state index is 13.7. The fourth-order valence-electron chi connectivity index (χ4n) is 1.75. The first-order valence-electron chi connectivity index (χ1n) is 5.15. The molecular weight excluding hydrogens is 232 g/mol. The lowest BCUT2D eigenvalue weighted by molar-refractivity contribution is 0.0690. The van der Waals surface area contributed by atoms with Gasteiger partial charge in [-0.05, 0) is 12.1 Å². The molecule has 1 aliphatic heterocycles. The van der Waals surface area contributed by atoms with Gasteiger partial charge in [0.1, 0.15) is 0 Å². The van der Waals surface area contributed by atoms with E-state index in [0.29, 0.717) is 26.3 Å². The maximum Gasteiger partial charge on any atom is 0.338 e. The van der Waals surface area contributed by atoms with E-state index >= 15 is 0 Å². The zero-order valence-electron chi connectivity index (χ0n) is 8.95. The van der Waals surface area contributed by atoms with Crippen molar-refractivity contribution in [1.82, 2.24) is 0 Å². The highest BCUT2D eigenvalue weighted by Crippen LogP contribution is 2.24. The van der Waals surface area contributed by atoms with E-state index in [1.807, 2.05) is 0 Å². The molecule has 0 aliphatic carbocycles. The molecule has 0 aromatic heterocycles. The first kappa shape index (κ1) is 11.8. The minimum absolute atomic E-state index is 0.0794. The molecule has 0 atom stereocenters. The Kier molecular flexibility index (Phi) is 3.23. The van der Waals surface area contributed by atoms with Gasteiger partial charge in [-0.2, -0.15) is 0 Å². The molecule has 1 N–H and O–H groups in total. The van der Waals surface area contributed by atoms with Crippen molar-refractivity contribution < 1.29 is 23.4 Å². The number of morpholine rings is 1. The highest BCUT2D eigenvalue weighted by molar-refractivity contribution is 5.88. The molecule has 4 nitrogen and oxygen atoms in total. The van der Waals surface area contributed by atoms with Crippen LogP contribution in [0.5, 0.6) is 0 Å². The Morgan fingerprint density at radius 1 is 1.24 bits per heavy atom. The summed E-state index contributed by atoms with van der Waals surface area (Å²) in [5, 5.41) is 8.65. The molecule has 0 unspecified atom stereocenters. The van der Waals surface area contributed by atoms with E-state index in [2.05, 4.69) is 0 Å². The summed E-state index contributed by atoms with van der Waals surface area (Å²) in [6.07, 6.45) is 0. The fraction of sp³-hybridized carbons (Fsp3) is 0.364. The van der Waals surface area contributed by atoms with E-state index in [1.54, 1.807) is 4.90 Å². The number of nitrogens with zero attached hydrogens (tertiary/aromatic N) is 1. The molecule has 6 heteroatoms. The SMILES string of the molecule is O=C(O)c1ccc(N2CCOCC2)c(F)c1F. The van der Waals surface area contributed by atoms with Crippen LogP contribution < -0.4 is 4.90 Å². The summed E-state index contributed by atoms with van der Waals surface area (Å²) >= 11 is 0. The van der Waals surface area contributed by atoms with Crippen molar-refractivity contribution in [3.8, 4) is 0 Å². The Labute approximate surface area is 96.4 Å². The molecule has 1 fully saturated rings. The van der Waals surface area contributed by atoms with Crippen LogP contribution in [0.25, 0.3) is 0 Å². The van der Waals surface area contributed by atoms with E-state index in [1.165, 1.54) is 6.07 Å². The monoisotopic (exact) mass is 243 g/mol. The van der Waals surface area contributed by atoms with Crippen LogP contribution in [0.1, 0.15) is 10.4 Å². The Hall–Kier alpha value is -1.69. The van der Waals surface area contributed by atoms with Crippen molar-refractivity contribution in [2.45, 2.75) is 0 Å². The van der Waals surface area contributed by atoms with E-state index in [0.717, 1.165) is 6.07 Å². The zero-order valence-corrected chi connectivity index (χ0v) is 8.95. The van der Waals surface area contributed by atoms with Gasteiger partial charge in [0.25, 0.3) is 0 Å². The molecule has 1 aromatic carbocycles. The number of halogens is 2. The van der Waals surface area contributed by atoms with Crippen molar-refractivity contribution in [3.63, 3.8) is 0 Å². The smallest absolute Gasteiger partial charge is 0.338 e. The largest absolute Gasteiger partial charge is 0.478 e. The summed E-state index contributed by atoms with van der Waals surface area (Å²) in [5.74, 6) is -3.91. The van der Waals surface area contributed by atoms with Gasteiger partial charge >= 0.3 is 5.97 Å². The van der Waals surface area contributed by atoms with Gasteiger partial charge < -0.3 is 14.7 Å². The third-order valence-electron chi connectivity index (χ3n) is 2.64. The molecule has 0 spiro atoms. The second kappa shape index (κ2) is 4.67. The molecule has 17 heavy (non-hydrogen) atoms. The zero-order chi connectivity index (χ0) is 12.4. The number of ether oxygens (including phenoxy) is 1. The Balaban J connectivity index is 2.36. The van der Waals surface area contributed by atoms with Gasteiger partial charge in [-0.1, -0.05) is 0 Å². The highest BCUT2D eigenvalue weighted by Gasteiger charge is 2.22. The van der Waals surface area contributed by atoms with Crippen LogP contribution in [0, 0.1) is 11.6 Å². The number of hydrogen-bond donors (Lipinski definition) is 1. The lowest BCUT2D eigenvalue weighted by Crippen LogP contribution is -2.37. The van der Waals surface area contributed by atoms with Gasteiger partial charge in [0.2, 0.25) is 0 Å². The number of carboxylic acids is 1. The molecule has 0 saturated carbocycles. The van der Waals surface area contributed by atoms with Gasteiger partial charge in [-0.25, -0.2) is 13.6 Å². The molecule has 0 radical (unpaired) electrons. The predicted octanol–water partition coefficient (Wildman–Crippen LogP) is 1.50. The quantitative estimate of drug-likeness (QED) is 0.855. The van der Waals surface area contributed by atoms with E-state index in [9.17, 15) is 13.6 Å². The molecule has 0 bridgehead atoms. The van der Waals surface area contributed by atoms with E-state index in [-0.39, 0.29) is 5.69 Å². The van der Waals surface area contributed by atoms with Crippen molar-refractivity contribution in [1.29, 1.82) is 0 Å². The molecule has 1 saturated heterocycles. The van der Waals surface area contributed by atoms with Crippen molar-refractivity contribution in [3.05, 3.63) is 29.3 Å². The third kappa shape index (κ3) is 2.21. The lowest BCUT2D eigenvalue weighted by atomic mass is 10.1. The molecule has 0 amide bonds. The lowest BCUT2D eigenvalue weighted by Gasteiger charge is -2.29. The Bertz CT molecular complexity index is 445. The highest BCUT2D eigenvalue weighted by atomic mass is 19.2. The normalized spacial score (nSPS) is 16.0. The first-order valence-corrected chi connectivity index (χ1v) is 5.15. The summed E-state index contributed by atoms with van der Waals surface area (Å²) in [6.45, 7) is 1.81.